The molecule has 0 unspecified atom stereocenters. The van der Waals surface area contributed by atoms with Crippen molar-refractivity contribution in [3.05, 3.63) is 40.3 Å². The van der Waals surface area contributed by atoms with Crippen LogP contribution in [0.1, 0.15) is 18.2 Å². The molecule has 104 valence electrons. The fourth-order valence-corrected chi connectivity index (χ4v) is 2.12. The molecule has 3 heterocycles. The molecule has 3 aromatic rings. The second kappa shape index (κ2) is 4.80. The van der Waals surface area contributed by atoms with E-state index >= 15 is 0 Å². The molecule has 20 heavy (non-hydrogen) atoms. The maximum absolute atomic E-state index is 11.3. The number of nitrogens with zero attached hydrogens (tertiary/aromatic N) is 5. The van der Waals surface area contributed by atoms with Crippen molar-refractivity contribution in [1.82, 2.24) is 29.4 Å². The molecule has 0 fully saturated rings. The van der Waals surface area contributed by atoms with Gasteiger partial charge in [0, 0.05) is 31.4 Å². The van der Waals surface area contributed by atoms with Crippen molar-refractivity contribution in [2.24, 2.45) is 7.05 Å². The van der Waals surface area contributed by atoms with E-state index in [0.29, 0.717) is 18.0 Å². The van der Waals surface area contributed by atoms with Gasteiger partial charge in [0.1, 0.15) is 12.1 Å². The first-order valence-electron chi connectivity index (χ1n) is 6.35. The molecule has 0 aliphatic carbocycles. The van der Waals surface area contributed by atoms with Gasteiger partial charge in [0.05, 0.1) is 5.69 Å². The Hall–Kier alpha value is -2.64. The molecule has 0 aliphatic rings. The molecule has 3 rings (SSSR count). The van der Waals surface area contributed by atoms with E-state index in [1.165, 1.54) is 10.7 Å². The van der Waals surface area contributed by atoms with Gasteiger partial charge in [-0.25, -0.2) is 19.3 Å². The maximum Gasteiger partial charge on any atom is 0.348 e. The molecule has 0 saturated carbocycles. The van der Waals surface area contributed by atoms with E-state index < -0.39 is 0 Å². The van der Waals surface area contributed by atoms with Crippen LogP contribution in [0.5, 0.6) is 0 Å². The third-order valence-electron chi connectivity index (χ3n) is 3.10. The zero-order valence-electron chi connectivity index (χ0n) is 11.3. The van der Waals surface area contributed by atoms with Crippen LogP contribution in [-0.4, -0.2) is 29.4 Å². The van der Waals surface area contributed by atoms with Crippen molar-refractivity contribution in [2.75, 3.05) is 5.32 Å². The molecule has 0 amide bonds. The molecule has 0 spiro atoms. The van der Waals surface area contributed by atoms with Gasteiger partial charge < -0.3 is 5.32 Å². The molecule has 2 N–H and O–H groups in total. The summed E-state index contributed by atoms with van der Waals surface area (Å²) in [6, 6.07) is 1.72. The van der Waals surface area contributed by atoms with Crippen molar-refractivity contribution in [3.8, 4) is 0 Å². The monoisotopic (exact) mass is 273 g/mol. The molecule has 0 atom stereocenters. The summed E-state index contributed by atoms with van der Waals surface area (Å²) in [5, 5.41) is 13.9. The second-order valence-electron chi connectivity index (χ2n) is 4.51. The number of fused-ring (bicyclic) bond motifs is 1. The topological polar surface area (TPSA) is 92.9 Å². The molecule has 0 saturated heterocycles. The number of H-pyrrole nitrogens is 1. The molecular weight excluding hydrogens is 258 g/mol. The summed E-state index contributed by atoms with van der Waals surface area (Å²) < 4.78 is 3.16. The molecule has 0 radical (unpaired) electrons. The number of aryl methyl sites for hydroxylation is 2. The summed E-state index contributed by atoms with van der Waals surface area (Å²) in [5.74, 6) is 0.669. The highest BCUT2D eigenvalue weighted by atomic mass is 16.1. The fraction of sp³-hybridized carbons (Fsp3) is 0.333. The number of hydrogen-bond acceptors (Lipinski definition) is 5. The summed E-state index contributed by atoms with van der Waals surface area (Å²) in [5.41, 5.74) is 2.45. The maximum atomic E-state index is 11.3. The largest absolute Gasteiger partial charge is 0.366 e. The van der Waals surface area contributed by atoms with Gasteiger partial charge in [-0.15, -0.1) is 0 Å². The van der Waals surface area contributed by atoms with E-state index in [9.17, 15) is 4.79 Å². The zero-order chi connectivity index (χ0) is 14.1. The van der Waals surface area contributed by atoms with Crippen LogP contribution in [0.2, 0.25) is 0 Å². The Kier molecular flexibility index (Phi) is 2.97. The average Bonchev–Trinajstić information content (AvgIpc) is 2.99. The lowest BCUT2D eigenvalue weighted by Gasteiger charge is -2.04. The predicted molar refractivity (Wildman–Crippen MR) is 73.5 cm³/mol. The van der Waals surface area contributed by atoms with E-state index in [1.807, 2.05) is 13.2 Å². The van der Waals surface area contributed by atoms with Crippen LogP contribution in [0.25, 0.3) is 5.65 Å². The van der Waals surface area contributed by atoms with Crippen LogP contribution in [0.15, 0.2) is 23.4 Å². The van der Waals surface area contributed by atoms with Crippen LogP contribution < -0.4 is 11.0 Å². The fourth-order valence-electron chi connectivity index (χ4n) is 2.12. The highest BCUT2D eigenvalue weighted by molar-refractivity contribution is 5.48. The minimum Gasteiger partial charge on any atom is -0.366 e. The molecule has 8 heteroatoms. The molecule has 8 nitrogen and oxygen atoms in total. The summed E-state index contributed by atoms with van der Waals surface area (Å²) >= 11 is 0. The summed E-state index contributed by atoms with van der Waals surface area (Å²) in [6.07, 6.45) is 4.33. The molecule has 0 aromatic carbocycles. The smallest absolute Gasteiger partial charge is 0.348 e. The van der Waals surface area contributed by atoms with Crippen LogP contribution in [0.3, 0.4) is 0 Å². The minimum absolute atomic E-state index is 0.292. The lowest BCUT2D eigenvalue weighted by molar-refractivity contribution is 0.746. The first-order valence-corrected chi connectivity index (χ1v) is 6.35. The highest BCUT2D eigenvalue weighted by Crippen LogP contribution is 2.11. The Morgan fingerprint density at radius 2 is 2.30 bits per heavy atom. The van der Waals surface area contributed by atoms with Crippen LogP contribution in [0.4, 0.5) is 5.82 Å². The van der Waals surface area contributed by atoms with Gasteiger partial charge in [-0.3, -0.25) is 4.68 Å². The van der Waals surface area contributed by atoms with Crippen LogP contribution in [-0.2, 0) is 20.0 Å². The predicted octanol–water partition coefficient (Wildman–Crippen LogP) is 0.326. The van der Waals surface area contributed by atoms with Gasteiger partial charge in [0.25, 0.3) is 0 Å². The first-order chi connectivity index (χ1) is 9.67. The van der Waals surface area contributed by atoms with Gasteiger partial charge in [-0.2, -0.15) is 10.2 Å². The number of rotatable bonds is 4. The van der Waals surface area contributed by atoms with Gasteiger partial charge in [-0.1, -0.05) is 6.92 Å². The number of hydrogen-bond donors (Lipinski definition) is 2. The number of aromatic amines is 1. The molecule has 3 aromatic heterocycles. The third-order valence-corrected chi connectivity index (χ3v) is 3.10. The van der Waals surface area contributed by atoms with E-state index in [0.717, 1.165) is 17.7 Å². The summed E-state index contributed by atoms with van der Waals surface area (Å²) in [7, 11) is 1.91. The Morgan fingerprint density at radius 3 is 3.10 bits per heavy atom. The second-order valence-corrected chi connectivity index (χ2v) is 4.51. The summed E-state index contributed by atoms with van der Waals surface area (Å²) in [4.78, 5) is 15.5. The van der Waals surface area contributed by atoms with Crippen molar-refractivity contribution in [3.63, 3.8) is 0 Å². The number of nitrogens with one attached hydrogen (secondary N) is 2. The van der Waals surface area contributed by atoms with Crippen molar-refractivity contribution >= 4 is 11.5 Å². The Morgan fingerprint density at radius 1 is 1.45 bits per heavy atom. The van der Waals surface area contributed by atoms with E-state index in [4.69, 9.17) is 0 Å². The van der Waals surface area contributed by atoms with Crippen molar-refractivity contribution in [2.45, 2.75) is 19.9 Å². The van der Waals surface area contributed by atoms with Crippen molar-refractivity contribution in [1.29, 1.82) is 0 Å². The number of aromatic nitrogens is 6. The van der Waals surface area contributed by atoms with E-state index in [1.54, 1.807) is 10.7 Å². The van der Waals surface area contributed by atoms with E-state index in [2.05, 4.69) is 32.5 Å². The molecular formula is C12H15N7O. The van der Waals surface area contributed by atoms with E-state index in [-0.39, 0.29) is 5.69 Å². The number of anilines is 1. The van der Waals surface area contributed by atoms with Crippen LogP contribution in [0, 0.1) is 0 Å². The summed E-state index contributed by atoms with van der Waals surface area (Å²) in [6.45, 7) is 2.71. The third kappa shape index (κ3) is 2.15. The van der Waals surface area contributed by atoms with Gasteiger partial charge in [-0.05, 0) is 6.42 Å². The Labute approximate surface area is 114 Å². The molecule has 0 aliphatic heterocycles. The normalized spacial score (nSPS) is 11.1. The molecule has 0 bridgehead atoms. The Balaban J connectivity index is 1.81. The van der Waals surface area contributed by atoms with Gasteiger partial charge in [0.2, 0.25) is 0 Å². The lowest BCUT2D eigenvalue weighted by Crippen LogP contribution is -2.10. The lowest BCUT2D eigenvalue weighted by atomic mass is 10.2. The van der Waals surface area contributed by atoms with Crippen LogP contribution >= 0.6 is 0 Å². The highest BCUT2D eigenvalue weighted by Gasteiger charge is 2.07. The van der Waals surface area contributed by atoms with Gasteiger partial charge in [0.15, 0.2) is 5.65 Å². The minimum atomic E-state index is -0.292. The van der Waals surface area contributed by atoms with Crippen molar-refractivity contribution < 1.29 is 0 Å². The SMILES string of the molecule is CCc1nn(C)cc1CNc1cc2n[nH]c(=O)n2cn1. The standard InChI is InChI=1S/C12H15N7O/c1-3-9-8(6-18(2)17-9)5-13-10-4-11-15-16-12(20)19(11)7-14-10/h4,6-7,13H,3,5H2,1-2H3,(H,16,20). The quantitative estimate of drug-likeness (QED) is 0.714. The van der Waals surface area contributed by atoms with Gasteiger partial charge >= 0.3 is 5.69 Å². The average molecular weight is 273 g/mol. The Bertz CT molecular complexity index is 798. The first kappa shape index (κ1) is 12.4. The zero-order valence-corrected chi connectivity index (χ0v) is 11.3.